The fourth-order valence-corrected chi connectivity index (χ4v) is 4.65. The van der Waals surface area contributed by atoms with Crippen LogP contribution in [0, 0.1) is 20.8 Å². The van der Waals surface area contributed by atoms with Crippen molar-refractivity contribution in [2.75, 3.05) is 5.32 Å². The topological polar surface area (TPSA) is 59.1 Å². The maximum absolute atomic E-state index is 13.7. The Bertz CT molecular complexity index is 1430. The van der Waals surface area contributed by atoms with Crippen LogP contribution in [-0.2, 0) is 0 Å². The molecule has 1 heterocycles. The predicted molar refractivity (Wildman–Crippen MR) is 125 cm³/mol. The molecule has 0 aliphatic heterocycles. The number of benzene rings is 3. The van der Waals surface area contributed by atoms with Gasteiger partial charge in [-0.2, -0.15) is 0 Å². The molecule has 3 aromatic carbocycles. The van der Waals surface area contributed by atoms with Crippen LogP contribution in [0.5, 0.6) is 0 Å². The summed E-state index contributed by atoms with van der Waals surface area (Å²) in [4.78, 5) is 31.0. The fraction of sp³-hybridized carbons (Fsp3) is 0.148. The molecular weight excluding hydrogens is 384 g/mol. The molecule has 0 saturated carbocycles. The summed E-state index contributed by atoms with van der Waals surface area (Å²) in [6, 6.07) is 17.5. The van der Waals surface area contributed by atoms with E-state index in [0.29, 0.717) is 22.4 Å². The molecule has 4 nitrogen and oxygen atoms in total. The highest BCUT2D eigenvalue weighted by Gasteiger charge is 2.31. The standard InChI is InChI=1S/C27H22N2O2/c1-14-9-10-20(15(2)13-14)29-22-12-11-21-25-24(23(17(4)30)16(3)28-21)18-7-5-6-8-19(18)27(31)26(22)25/h5-13,29H,1-4H3. The van der Waals surface area contributed by atoms with Gasteiger partial charge in [-0.15, -0.1) is 0 Å². The van der Waals surface area contributed by atoms with E-state index in [1.54, 1.807) is 6.92 Å². The summed E-state index contributed by atoms with van der Waals surface area (Å²) in [7, 11) is 0. The first-order valence-corrected chi connectivity index (χ1v) is 10.3. The lowest BCUT2D eigenvalue weighted by Crippen LogP contribution is -2.16. The van der Waals surface area contributed by atoms with E-state index in [2.05, 4.69) is 23.3 Å². The number of hydrogen-bond donors (Lipinski definition) is 1. The summed E-state index contributed by atoms with van der Waals surface area (Å²) in [5.74, 6) is -0.106. The van der Waals surface area contributed by atoms with Crippen molar-refractivity contribution in [3.63, 3.8) is 0 Å². The number of ketones is 2. The van der Waals surface area contributed by atoms with Crippen molar-refractivity contribution in [1.82, 2.24) is 4.98 Å². The molecule has 0 radical (unpaired) electrons. The molecule has 1 aliphatic rings. The first-order chi connectivity index (χ1) is 14.9. The average Bonchev–Trinajstić information content (AvgIpc) is 2.73. The van der Waals surface area contributed by atoms with Gasteiger partial charge in [0.1, 0.15) is 0 Å². The molecule has 0 amide bonds. The smallest absolute Gasteiger partial charge is 0.196 e. The van der Waals surface area contributed by atoms with Crippen LogP contribution < -0.4 is 5.32 Å². The second-order valence-electron chi connectivity index (χ2n) is 8.20. The van der Waals surface area contributed by atoms with Crippen LogP contribution >= 0.6 is 0 Å². The predicted octanol–water partition coefficient (Wildman–Crippen LogP) is 6.32. The molecule has 152 valence electrons. The van der Waals surface area contributed by atoms with Gasteiger partial charge < -0.3 is 5.32 Å². The van der Waals surface area contributed by atoms with Crippen LogP contribution in [-0.4, -0.2) is 16.6 Å². The molecule has 4 heteroatoms. The molecule has 0 fully saturated rings. The third kappa shape index (κ3) is 2.87. The number of carbonyl (C=O) groups is 2. The average molecular weight is 406 g/mol. The molecule has 4 aromatic rings. The lowest BCUT2D eigenvalue weighted by atomic mass is 9.80. The Balaban J connectivity index is 1.87. The number of anilines is 2. The SMILES string of the molecule is CC(=O)c1c(C)nc2ccc(Nc3ccc(C)cc3C)c3c2c1-c1ccccc1C3=O. The first kappa shape index (κ1) is 19.2. The highest BCUT2D eigenvalue weighted by atomic mass is 16.1. The minimum absolute atomic E-state index is 0.0512. The van der Waals surface area contributed by atoms with Gasteiger partial charge in [0.25, 0.3) is 0 Å². The second kappa shape index (κ2) is 6.88. The Morgan fingerprint density at radius 3 is 2.29 bits per heavy atom. The van der Waals surface area contributed by atoms with Crippen LogP contribution in [0.1, 0.15) is 50.0 Å². The number of Topliss-reactive ketones (excluding diaryl/α,β-unsaturated/α-hetero) is 1. The Kier molecular flexibility index (Phi) is 4.26. The Morgan fingerprint density at radius 1 is 0.871 bits per heavy atom. The van der Waals surface area contributed by atoms with Gasteiger partial charge in [0.2, 0.25) is 0 Å². The molecule has 5 rings (SSSR count). The normalized spacial score (nSPS) is 12.1. The minimum atomic E-state index is -0.0545. The van der Waals surface area contributed by atoms with Crippen LogP contribution in [0.15, 0.2) is 54.6 Å². The lowest BCUT2D eigenvalue weighted by Gasteiger charge is -2.25. The number of pyridine rings is 1. The number of hydrogen-bond acceptors (Lipinski definition) is 4. The lowest BCUT2D eigenvalue weighted by molar-refractivity contribution is 0.101. The van der Waals surface area contributed by atoms with E-state index in [9.17, 15) is 9.59 Å². The number of rotatable bonds is 3. The van der Waals surface area contributed by atoms with Crippen molar-refractivity contribution in [1.29, 1.82) is 0 Å². The third-order valence-corrected chi connectivity index (χ3v) is 6.00. The molecule has 1 aliphatic carbocycles. The van der Waals surface area contributed by atoms with Gasteiger partial charge in [-0.1, -0.05) is 42.0 Å². The summed E-state index contributed by atoms with van der Waals surface area (Å²) in [5.41, 5.74) is 8.72. The molecule has 0 spiro atoms. The fourth-order valence-electron chi connectivity index (χ4n) is 4.65. The van der Waals surface area contributed by atoms with Crippen molar-refractivity contribution in [2.45, 2.75) is 27.7 Å². The van der Waals surface area contributed by atoms with Crippen molar-refractivity contribution >= 4 is 33.8 Å². The largest absolute Gasteiger partial charge is 0.355 e. The maximum Gasteiger partial charge on any atom is 0.196 e. The number of carbonyl (C=O) groups excluding carboxylic acids is 2. The molecule has 1 aromatic heterocycles. The number of nitrogens with one attached hydrogen (secondary N) is 1. The zero-order valence-corrected chi connectivity index (χ0v) is 18.0. The van der Waals surface area contributed by atoms with Gasteiger partial charge in [0.05, 0.1) is 16.8 Å². The van der Waals surface area contributed by atoms with Gasteiger partial charge in [0.15, 0.2) is 11.6 Å². The van der Waals surface area contributed by atoms with Gasteiger partial charge in [-0.25, -0.2) is 0 Å². The second-order valence-corrected chi connectivity index (χ2v) is 8.20. The summed E-state index contributed by atoms with van der Waals surface area (Å²) in [5, 5.41) is 4.21. The molecule has 1 N–H and O–H groups in total. The Hall–Kier alpha value is -3.79. The zero-order valence-electron chi connectivity index (χ0n) is 18.0. The minimum Gasteiger partial charge on any atom is -0.355 e. The van der Waals surface area contributed by atoms with E-state index in [-0.39, 0.29) is 11.6 Å². The van der Waals surface area contributed by atoms with Crippen LogP contribution in [0.4, 0.5) is 11.4 Å². The number of aryl methyl sites for hydroxylation is 3. The van der Waals surface area contributed by atoms with Gasteiger partial charge in [0, 0.05) is 33.5 Å². The van der Waals surface area contributed by atoms with E-state index in [4.69, 9.17) is 0 Å². The molecule has 0 atom stereocenters. The van der Waals surface area contributed by atoms with Crippen molar-refractivity contribution in [2.24, 2.45) is 0 Å². The van der Waals surface area contributed by atoms with E-state index in [1.807, 2.05) is 62.4 Å². The zero-order chi connectivity index (χ0) is 21.9. The van der Waals surface area contributed by atoms with Gasteiger partial charge in [-0.05, 0) is 57.0 Å². The number of aromatic nitrogens is 1. The third-order valence-electron chi connectivity index (χ3n) is 6.00. The van der Waals surface area contributed by atoms with E-state index in [0.717, 1.165) is 39.0 Å². The quantitative estimate of drug-likeness (QED) is 0.356. The van der Waals surface area contributed by atoms with Crippen molar-refractivity contribution < 1.29 is 9.59 Å². The molecule has 0 bridgehead atoms. The highest BCUT2D eigenvalue weighted by molar-refractivity contribution is 6.30. The number of fused-ring (bicyclic) bond motifs is 2. The van der Waals surface area contributed by atoms with Crippen molar-refractivity contribution in [3.8, 4) is 11.1 Å². The highest BCUT2D eigenvalue weighted by Crippen LogP contribution is 2.44. The van der Waals surface area contributed by atoms with Crippen molar-refractivity contribution in [3.05, 3.63) is 88.1 Å². The monoisotopic (exact) mass is 406 g/mol. The maximum atomic E-state index is 13.7. The van der Waals surface area contributed by atoms with Crippen LogP contribution in [0.2, 0.25) is 0 Å². The summed E-state index contributed by atoms with van der Waals surface area (Å²) in [6.07, 6.45) is 0. The van der Waals surface area contributed by atoms with E-state index >= 15 is 0 Å². The summed E-state index contributed by atoms with van der Waals surface area (Å²) >= 11 is 0. The molecule has 31 heavy (non-hydrogen) atoms. The van der Waals surface area contributed by atoms with Crippen LogP contribution in [0.3, 0.4) is 0 Å². The van der Waals surface area contributed by atoms with Gasteiger partial charge in [-0.3, -0.25) is 14.6 Å². The summed E-state index contributed by atoms with van der Waals surface area (Å²) < 4.78 is 0. The van der Waals surface area contributed by atoms with E-state index in [1.165, 1.54) is 5.56 Å². The van der Waals surface area contributed by atoms with E-state index < -0.39 is 0 Å². The van der Waals surface area contributed by atoms with Crippen LogP contribution in [0.25, 0.3) is 22.0 Å². The van der Waals surface area contributed by atoms with Gasteiger partial charge >= 0.3 is 0 Å². The Labute approximate surface area is 181 Å². The number of nitrogens with zero attached hydrogens (tertiary/aromatic N) is 1. The molecule has 0 unspecified atom stereocenters. The molecule has 0 saturated heterocycles. The first-order valence-electron chi connectivity index (χ1n) is 10.3. The summed E-state index contributed by atoms with van der Waals surface area (Å²) in [6.45, 7) is 7.51. The molecular formula is C27H22N2O2. The Morgan fingerprint density at radius 2 is 1.58 bits per heavy atom.